The maximum Gasteiger partial charge on any atom is 0.151 e. The monoisotopic (exact) mass is 230 g/mol. The number of nitrogen functional groups attached to an aromatic ring is 1. The molecule has 5 heteroatoms. The molecule has 5 nitrogen and oxygen atoms in total. The minimum atomic E-state index is 0.556. The largest absolute Gasteiger partial charge is 0.382 e. The first kappa shape index (κ1) is 10.3. The van der Waals surface area contributed by atoms with E-state index < -0.39 is 0 Å². The van der Waals surface area contributed by atoms with Crippen LogP contribution < -0.4 is 5.73 Å². The summed E-state index contributed by atoms with van der Waals surface area (Å²) >= 11 is 0. The van der Waals surface area contributed by atoms with E-state index in [0.717, 1.165) is 35.5 Å². The zero-order chi connectivity index (χ0) is 11.8. The van der Waals surface area contributed by atoms with Gasteiger partial charge in [0.25, 0.3) is 0 Å². The van der Waals surface area contributed by atoms with Crippen LogP contribution in [0.4, 0.5) is 5.82 Å². The lowest BCUT2D eigenvalue weighted by Gasteiger charge is -2.14. The van der Waals surface area contributed by atoms with Gasteiger partial charge in [0.1, 0.15) is 0 Å². The van der Waals surface area contributed by atoms with E-state index in [1.165, 1.54) is 0 Å². The molecule has 0 radical (unpaired) electrons. The van der Waals surface area contributed by atoms with Crippen molar-refractivity contribution in [3.8, 4) is 5.69 Å². The SMILES string of the molecule is Cc1cncc(-n2nc(N)c3c2CCOC3)c1. The van der Waals surface area contributed by atoms with Crippen molar-refractivity contribution in [1.82, 2.24) is 14.8 Å². The van der Waals surface area contributed by atoms with Gasteiger partial charge in [0, 0.05) is 18.2 Å². The Bertz CT molecular complexity index is 562. The minimum absolute atomic E-state index is 0.556. The molecule has 0 aliphatic carbocycles. The van der Waals surface area contributed by atoms with Crippen molar-refractivity contribution in [2.75, 3.05) is 12.3 Å². The third-order valence-electron chi connectivity index (χ3n) is 2.96. The van der Waals surface area contributed by atoms with Gasteiger partial charge < -0.3 is 10.5 Å². The molecule has 0 amide bonds. The highest BCUT2D eigenvalue weighted by molar-refractivity contribution is 5.47. The van der Waals surface area contributed by atoms with Gasteiger partial charge in [0.05, 0.1) is 30.8 Å². The molecule has 1 aliphatic heterocycles. The average Bonchev–Trinajstić information content (AvgIpc) is 2.68. The van der Waals surface area contributed by atoms with Gasteiger partial charge in [-0.05, 0) is 18.6 Å². The van der Waals surface area contributed by atoms with Crippen molar-refractivity contribution in [3.63, 3.8) is 0 Å². The normalized spacial score (nSPS) is 14.6. The van der Waals surface area contributed by atoms with Crippen molar-refractivity contribution in [3.05, 3.63) is 35.3 Å². The molecular formula is C12H14N4O. The molecule has 0 atom stereocenters. The highest BCUT2D eigenvalue weighted by Crippen LogP contribution is 2.25. The maximum absolute atomic E-state index is 5.91. The smallest absolute Gasteiger partial charge is 0.151 e. The summed E-state index contributed by atoms with van der Waals surface area (Å²) in [7, 11) is 0. The van der Waals surface area contributed by atoms with Gasteiger partial charge in [-0.1, -0.05) is 0 Å². The first-order valence-corrected chi connectivity index (χ1v) is 5.62. The van der Waals surface area contributed by atoms with Crippen molar-refractivity contribution in [2.24, 2.45) is 0 Å². The van der Waals surface area contributed by atoms with Gasteiger partial charge in [-0.15, -0.1) is 5.10 Å². The zero-order valence-corrected chi connectivity index (χ0v) is 9.68. The van der Waals surface area contributed by atoms with Crippen LogP contribution in [0.15, 0.2) is 18.5 Å². The van der Waals surface area contributed by atoms with Crippen molar-refractivity contribution in [1.29, 1.82) is 0 Å². The number of hydrogen-bond donors (Lipinski definition) is 1. The van der Waals surface area contributed by atoms with E-state index >= 15 is 0 Å². The molecule has 0 unspecified atom stereocenters. The van der Waals surface area contributed by atoms with Crippen LogP contribution in [-0.4, -0.2) is 21.4 Å². The standard InChI is InChI=1S/C12H14N4O/c1-8-4-9(6-14-5-8)16-11-2-3-17-7-10(11)12(13)15-16/h4-6H,2-3,7H2,1H3,(H2,13,15). The van der Waals surface area contributed by atoms with E-state index in [1.54, 1.807) is 6.20 Å². The third kappa shape index (κ3) is 1.68. The molecule has 2 aromatic rings. The van der Waals surface area contributed by atoms with E-state index in [-0.39, 0.29) is 0 Å². The molecule has 0 aromatic carbocycles. The summed E-state index contributed by atoms with van der Waals surface area (Å²) in [6, 6.07) is 2.05. The zero-order valence-electron chi connectivity index (χ0n) is 9.68. The van der Waals surface area contributed by atoms with Crippen LogP contribution >= 0.6 is 0 Å². The van der Waals surface area contributed by atoms with Crippen molar-refractivity contribution < 1.29 is 4.74 Å². The van der Waals surface area contributed by atoms with Gasteiger partial charge >= 0.3 is 0 Å². The van der Waals surface area contributed by atoms with Crippen LogP contribution in [0.5, 0.6) is 0 Å². The Hall–Kier alpha value is -1.88. The van der Waals surface area contributed by atoms with Crippen LogP contribution in [-0.2, 0) is 17.8 Å². The molecule has 88 valence electrons. The average molecular weight is 230 g/mol. The van der Waals surface area contributed by atoms with Crippen LogP contribution in [0.25, 0.3) is 5.69 Å². The van der Waals surface area contributed by atoms with Gasteiger partial charge in [0.15, 0.2) is 5.82 Å². The van der Waals surface area contributed by atoms with E-state index in [9.17, 15) is 0 Å². The molecule has 0 spiro atoms. The van der Waals surface area contributed by atoms with Crippen molar-refractivity contribution in [2.45, 2.75) is 20.0 Å². The molecule has 3 rings (SSSR count). The molecule has 17 heavy (non-hydrogen) atoms. The number of aryl methyl sites for hydroxylation is 1. The Labute approximate surface area is 99.2 Å². The molecule has 2 N–H and O–H groups in total. The van der Waals surface area contributed by atoms with E-state index in [0.29, 0.717) is 12.4 Å². The number of aromatic nitrogens is 3. The Kier molecular flexibility index (Phi) is 2.33. The number of rotatable bonds is 1. The molecule has 2 aromatic heterocycles. The summed E-state index contributed by atoms with van der Waals surface area (Å²) in [6.45, 7) is 3.29. The molecule has 0 bridgehead atoms. The second-order valence-electron chi connectivity index (χ2n) is 4.25. The van der Waals surface area contributed by atoms with Crippen LogP contribution in [0.3, 0.4) is 0 Å². The Morgan fingerprint density at radius 3 is 3.12 bits per heavy atom. The number of anilines is 1. The number of nitrogens with zero attached hydrogens (tertiary/aromatic N) is 3. The van der Waals surface area contributed by atoms with Gasteiger partial charge in [-0.2, -0.15) is 0 Å². The predicted octanol–water partition coefficient (Wildman–Crippen LogP) is 1.23. The predicted molar refractivity (Wildman–Crippen MR) is 63.9 cm³/mol. The van der Waals surface area contributed by atoms with E-state index in [4.69, 9.17) is 10.5 Å². The van der Waals surface area contributed by atoms with E-state index in [1.807, 2.05) is 17.8 Å². The Morgan fingerprint density at radius 1 is 1.41 bits per heavy atom. The van der Waals surface area contributed by atoms with Crippen LogP contribution in [0, 0.1) is 6.92 Å². The molecule has 0 saturated carbocycles. The second kappa shape index (κ2) is 3.85. The lowest BCUT2D eigenvalue weighted by atomic mass is 10.1. The summed E-state index contributed by atoms with van der Waals surface area (Å²) in [5, 5.41) is 4.38. The molecular weight excluding hydrogens is 216 g/mol. The molecule has 3 heterocycles. The third-order valence-corrected chi connectivity index (χ3v) is 2.96. The maximum atomic E-state index is 5.91. The number of fused-ring (bicyclic) bond motifs is 1. The lowest BCUT2D eigenvalue weighted by molar-refractivity contribution is 0.110. The van der Waals surface area contributed by atoms with Crippen LogP contribution in [0.2, 0.25) is 0 Å². The Morgan fingerprint density at radius 2 is 2.29 bits per heavy atom. The van der Waals surface area contributed by atoms with Gasteiger partial charge in [-0.3, -0.25) is 4.98 Å². The lowest BCUT2D eigenvalue weighted by Crippen LogP contribution is -2.13. The summed E-state index contributed by atoms with van der Waals surface area (Å²) < 4.78 is 7.28. The fraction of sp³-hybridized carbons (Fsp3) is 0.333. The summed E-state index contributed by atoms with van der Waals surface area (Å²) in [5.41, 5.74) is 10.1. The summed E-state index contributed by atoms with van der Waals surface area (Å²) in [6.07, 6.45) is 4.47. The highest BCUT2D eigenvalue weighted by atomic mass is 16.5. The first-order valence-electron chi connectivity index (χ1n) is 5.62. The fourth-order valence-corrected chi connectivity index (χ4v) is 2.13. The highest BCUT2D eigenvalue weighted by Gasteiger charge is 2.20. The second-order valence-corrected chi connectivity index (χ2v) is 4.25. The molecule has 1 aliphatic rings. The number of pyridine rings is 1. The Balaban J connectivity index is 2.15. The number of hydrogen-bond acceptors (Lipinski definition) is 4. The quantitative estimate of drug-likeness (QED) is 0.800. The number of ether oxygens (including phenoxy) is 1. The first-order chi connectivity index (χ1) is 8.25. The topological polar surface area (TPSA) is 66.0 Å². The molecule has 0 saturated heterocycles. The van der Waals surface area contributed by atoms with Crippen LogP contribution in [0.1, 0.15) is 16.8 Å². The summed E-state index contributed by atoms with van der Waals surface area (Å²) in [5.74, 6) is 0.557. The van der Waals surface area contributed by atoms with Gasteiger partial charge in [-0.25, -0.2) is 4.68 Å². The minimum Gasteiger partial charge on any atom is -0.382 e. The molecule has 0 fully saturated rings. The number of nitrogens with two attached hydrogens (primary N) is 1. The van der Waals surface area contributed by atoms with Gasteiger partial charge in [0.2, 0.25) is 0 Å². The fourth-order valence-electron chi connectivity index (χ4n) is 2.13. The van der Waals surface area contributed by atoms with E-state index in [2.05, 4.69) is 16.1 Å². The summed E-state index contributed by atoms with van der Waals surface area (Å²) in [4.78, 5) is 4.19. The van der Waals surface area contributed by atoms with Crippen molar-refractivity contribution >= 4 is 5.82 Å².